The fourth-order valence-electron chi connectivity index (χ4n) is 2.27. The van der Waals surface area contributed by atoms with Crippen molar-refractivity contribution in [2.24, 2.45) is 5.73 Å². The first kappa shape index (κ1) is 19.7. The Bertz CT molecular complexity index is 649. The highest BCUT2D eigenvalue weighted by molar-refractivity contribution is 9.10. The third kappa shape index (κ3) is 4.56. The molecule has 126 valence electrons. The zero-order valence-electron chi connectivity index (χ0n) is 13.4. The van der Waals surface area contributed by atoms with E-state index < -0.39 is 5.54 Å². The molecule has 7 heteroatoms. The number of nitrogens with zero attached hydrogens (tertiary/aromatic N) is 1. The largest absolute Gasteiger partial charge is 0.361 e. The Hall–Kier alpha value is -1.37. The van der Waals surface area contributed by atoms with Crippen LogP contribution in [0.3, 0.4) is 0 Å². The minimum absolute atomic E-state index is 0. The molecule has 0 spiro atoms. The van der Waals surface area contributed by atoms with Crippen LogP contribution in [0, 0.1) is 13.8 Å². The lowest BCUT2D eigenvalue weighted by molar-refractivity contribution is -0.126. The molecule has 0 saturated carbocycles. The first-order valence-corrected chi connectivity index (χ1v) is 7.86. The van der Waals surface area contributed by atoms with Crippen LogP contribution in [0.15, 0.2) is 33.3 Å². The smallest absolute Gasteiger partial charge is 0.244 e. The maximum Gasteiger partial charge on any atom is 0.244 e. The van der Waals surface area contributed by atoms with Crippen molar-refractivity contribution in [2.45, 2.75) is 32.7 Å². The molecule has 0 aliphatic rings. The number of nitrogens with two attached hydrogens (primary N) is 1. The van der Waals surface area contributed by atoms with Crippen molar-refractivity contribution in [2.75, 3.05) is 6.54 Å². The number of hydrogen-bond acceptors (Lipinski definition) is 4. The summed E-state index contributed by atoms with van der Waals surface area (Å²) in [6.45, 7) is 5.96. The number of carbonyl (C=O) groups excluding carboxylic acids is 1. The molecule has 3 N–H and O–H groups in total. The zero-order valence-corrected chi connectivity index (χ0v) is 15.8. The first-order valence-electron chi connectivity index (χ1n) is 7.07. The van der Waals surface area contributed by atoms with Gasteiger partial charge in [0.05, 0.1) is 5.69 Å². The quantitative estimate of drug-likeness (QED) is 0.805. The van der Waals surface area contributed by atoms with E-state index in [1.165, 1.54) is 0 Å². The lowest BCUT2D eigenvalue weighted by atomic mass is 9.92. The Morgan fingerprint density at radius 2 is 1.96 bits per heavy atom. The molecular weight excluding hydrogens is 382 g/mol. The Morgan fingerprint density at radius 3 is 2.48 bits per heavy atom. The van der Waals surface area contributed by atoms with Gasteiger partial charge in [-0.1, -0.05) is 33.2 Å². The number of benzene rings is 1. The van der Waals surface area contributed by atoms with Gasteiger partial charge in [0.15, 0.2) is 0 Å². The van der Waals surface area contributed by atoms with Crippen molar-refractivity contribution in [1.82, 2.24) is 10.5 Å². The Kier molecular flexibility index (Phi) is 6.80. The van der Waals surface area contributed by atoms with Crippen molar-refractivity contribution in [3.05, 3.63) is 51.3 Å². The lowest BCUT2D eigenvalue weighted by Crippen LogP contribution is -2.49. The minimum Gasteiger partial charge on any atom is -0.361 e. The van der Waals surface area contributed by atoms with Gasteiger partial charge in [0.2, 0.25) is 5.91 Å². The molecule has 0 radical (unpaired) electrons. The number of halogens is 2. The Morgan fingerprint density at radius 1 is 1.35 bits per heavy atom. The van der Waals surface area contributed by atoms with Gasteiger partial charge in [-0.15, -0.1) is 12.4 Å². The molecular formula is C16H21BrClN3O2. The average molecular weight is 403 g/mol. The molecule has 5 nitrogen and oxygen atoms in total. The monoisotopic (exact) mass is 401 g/mol. The molecule has 23 heavy (non-hydrogen) atoms. The predicted molar refractivity (Wildman–Crippen MR) is 95.6 cm³/mol. The maximum atomic E-state index is 12.4. The van der Waals surface area contributed by atoms with Gasteiger partial charge in [-0.25, -0.2) is 0 Å². The number of aryl methyl sites for hydroxylation is 2. The number of carbonyl (C=O) groups is 1. The minimum atomic E-state index is -1.07. The fourth-order valence-corrected chi connectivity index (χ4v) is 2.53. The van der Waals surface area contributed by atoms with Crippen LogP contribution in [0.25, 0.3) is 0 Å². The molecule has 1 aromatic heterocycles. The van der Waals surface area contributed by atoms with Crippen molar-refractivity contribution in [3.63, 3.8) is 0 Å². The van der Waals surface area contributed by atoms with Crippen LogP contribution in [-0.4, -0.2) is 17.6 Å². The molecule has 0 aliphatic carbocycles. The van der Waals surface area contributed by atoms with E-state index >= 15 is 0 Å². The third-order valence-electron chi connectivity index (χ3n) is 3.76. The Balaban J connectivity index is 0.00000264. The van der Waals surface area contributed by atoms with Crippen molar-refractivity contribution < 1.29 is 9.32 Å². The molecule has 0 fully saturated rings. The van der Waals surface area contributed by atoms with Gasteiger partial charge in [0.25, 0.3) is 0 Å². The molecule has 0 aliphatic heterocycles. The van der Waals surface area contributed by atoms with Crippen LogP contribution >= 0.6 is 28.3 Å². The maximum absolute atomic E-state index is 12.4. The molecule has 1 aromatic carbocycles. The summed E-state index contributed by atoms with van der Waals surface area (Å²) >= 11 is 3.37. The van der Waals surface area contributed by atoms with E-state index in [0.29, 0.717) is 13.0 Å². The summed E-state index contributed by atoms with van der Waals surface area (Å²) < 4.78 is 6.06. The van der Waals surface area contributed by atoms with Gasteiger partial charge in [0, 0.05) is 16.6 Å². The second-order valence-corrected chi connectivity index (χ2v) is 6.43. The zero-order chi connectivity index (χ0) is 16.3. The summed E-state index contributed by atoms with van der Waals surface area (Å²) in [5.41, 5.74) is 7.78. The van der Waals surface area contributed by atoms with Crippen molar-refractivity contribution >= 4 is 34.2 Å². The van der Waals surface area contributed by atoms with E-state index in [2.05, 4.69) is 26.4 Å². The van der Waals surface area contributed by atoms with Crippen molar-refractivity contribution in [1.29, 1.82) is 0 Å². The van der Waals surface area contributed by atoms with Gasteiger partial charge in [-0.05, 0) is 44.9 Å². The third-order valence-corrected chi connectivity index (χ3v) is 4.29. The summed E-state index contributed by atoms with van der Waals surface area (Å²) in [4.78, 5) is 12.4. The molecule has 0 bridgehead atoms. The standard InChI is InChI=1S/C16H20BrN3O2.ClH/c1-10-14(11(2)22-20-10)8-9-19-15(21)16(3,18)12-4-6-13(17)7-5-12;/h4-7H,8-9,18H2,1-3H3,(H,19,21);1H. The highest BCUT2D eigenvalue weighted by Gasteiger charge is 2.30. The normalized spacial score (nSPS) is 13.1. The van der Waals surface area contributed by atoms with Crippen LogP contribution in [0.4, 0.5) is 0 Å². The second-order valence-electron chi connectivity index (χ2n) is 5.52. The topological polar surface area (TPSA) is 81.2 Å². The molecule has 0 saturated heterocycles. The van der Waals surface area contributed by atoms with Crippen LogP contribution in [-0.2, 0) is 16.8 Å². The van der Waals surface area contributed by atoms with Crippen LogP contribution in [0.5, 0.6) is 0 Å². The molecule has 1 heterocycles. The number of nitrogens with one attached hydrogen (secondary N) is 1. The molecule has 1 amide bonds. The summed E-state index contributed by atoms with van der Waals surface area (Å²) in [5.74, 6) is 0.580. The van der Waals surface area contributed by atoms with E-state index in [0.717, 1.165) is 27.1 Å². The van der Waals surface area contributed by atoms with Crippen LogP contribution in [0.2, 0.25) is 0 Å². The number of amides is 1. The molecule has 2 rings (SSSR count). The second kappa shape index (κ2) is 7.95. The number of rotatable bonds is 5. The summed E-state index contributed by atoms with van der Waals surface area (Å²) in [7, 11) is 0. The van der Waals surface area contributed by atoms with Gasteiger partial charge in [0.1, 0.15) is 11.3 Å². The van der Waals surface area contributed by atoms with Crippen LogP contribution < -0.4 is 11.1 Å². The van der Waals surface area contributed by atoms with E-state index in [-0.39, 0.29) is 18.3 Å². The van der Waals surface area contributed by atoms with Crippen molar-refractivity contribution in [3.8, 4) is 0 Å². The summed E-state index contributed by atoms with van der Waals surface area (Å²) in [6.07, 6.45) is 0.670. The highest BCUT2D eigenvalue weighted by Crippen LogP contribution is 2.20. The Labute approximate surface area is 150 Å². The number of aromatic nitrogens is 1. The summed E-state index contributed by atoms with van der Waals surface area (Å²) in [5, 5.41) is 6.79. The van der Waals surface area contributed by atoms with E-state index in [9.17, 15) is 4.79 Å². The van der Waals surface area contributed by atoms with Gasteiger partial charge in [-0.2, -0.15) is 0 Å². The predicted octanol–water partition coefficient (Wildman–Crippen LogP) is 3.01. The highest BCUT2D eigenvalue weighted by atomic mass is 79.9. The molecule has 1 atom stereocenters. The fraction of sp³-hybridized carbons (Fsp3) is 0.375. The average Bonchev–Trinajstić information content (AvgIpc) is 2.79. The van der Waals surface area contributed by atoms with Gasteiger partial charge in [-0.3, -0.25) is 4.79 Å². The lowest BCUT2D eigenvalue weighted by Gasteiger charge is -2.24. The van der Waals surface area contributed by atoms with Gasteiger partial charge < -0.3 is 15.6 Å². The van der Waals surface area contributed by atoms with Crippen LogP contribution in [0.1, 0.15) is 29.5 Å². The molecule has 2 aromatic rings. The van der Waals surface area contributed by atoms with E-state index in [1.807, 2.05) is 38.1 Å². The first-order chi connectivity index (χ1) is 10.3. The SMILES string of the molecule is Cc1noc(C)c1CCNC(=O)C(C)(N)c1ccc(Br)cc1.Cl. The van der Waals surface area contributed by atoms with E-state index in [1.54, 1.807) is 6.92 Å². The summed E-state index contributed by atoms with van der Waals surface area (Å²) in [6, 6.07) is 7.44. The number of hydrogen-bond donors (Lipinski definition) is 2. The van der Waals surface area contributed by atoms with E-state index in [4.69, 9.17) is 10.3 Å². The van der Waals surface area contributed by atoms with Gasteiger partial charge >= 0.3 is 0 Å². The molecule has 1 unspecified atom stereocenters.